The fourth-order valence-corrected chi connectivity index (χ4v) is 4.97. The maximum Gasteiger partial charge on any atom is 0.252 e. The van der Waals surface area contributed by atoms with Crippen molar-refractivity contribution in [3.8, 4) is 11.1 Å². The van der Waals surface area contributed by atoms with Gasteiger partial charge in [-0.15, -0.1) is 0 Å². The predicted molar refractivity (Wildman–Crippen MR) is 111 cm³/mol. The Balaban J connectivity index is 1.78. The molecule has 2 aromatic carbocycles. The van der Waals surface area contributed by atoms with E-state index >= 15 is 0 Å². The molecule has 0 saturated carbocycles. The van der Waals surface area contributed by atoms with Gasteiger partial charge in [0.15, 0.2) is 0 Å². The number of hydrogen-bond acceptors (Lipinski definition) is 4. The highest BCUT2D eigenvalue weighted by molar-refractivity contribution is 6.19. The zero-order valence-electron chi connectivity index (χ0n) is 16.1. The highest BCUT2D eigenvalue weighted by atomic mass is 16.4. The largest absolute Gasteiger partial charge is 0.411 e. The second-order valence-electron chi connectivity index (χ2n) is 7.87. The molecule has 4 aromatic rings. The number of aromatic nitrogens is 3. The number of benzene rings is 2. The van der Waals surface area contributed by atoms with Gasteiger partial charge in [-0.2, -0.15) is 5.10 Å². The summed E-state index contributed by atoms with van der Waals surface area (Å²) in [6.45, 7) is 2.29. The first-order chi connectivity index (χ1) is 14.1. The lowest BCUT2D eigenvalue weighted by atomic mass is 9.83. The Hall–Kier alpha value is -3.61. The number of hydrogen-bond donors (Lipinski definition) is 3. The van der Waals surface area contributed by atoms with Gasteiger partial charge in [0.1, 0.15) is 0 Å². The van der Waals surface area contributed by atoms with Crippen molar-refractivity contribution in [1.29, 1.82) is 0 Å². The molecule has 1 aliphatic heterocycles. The van der Waals surface area contributed by atoms with Crippen LogP contribution in [0.15, 0.2) is 29.6 Å². The van der Waals surface area contributed by atoms with Gasteiger partial charge in [-0.3, -0.25) is 9.48 Å². The van der Waals surface area contributed by atoms with E-state index in [9.17, 15) is 10.0 Å². The van der Waals surface area contributed by atoms with E-state index in [1.807, 2.05) is 36.1 Å². The first-order valence-corrected chi connectivity index (χ1v) is 9.70. The van der Waals surface area contributed by atoms with Gasteiger partial charge < -0.3 is 15.5 Å². The lowest BCUT2D eigenvalue weighted by Crippen LogP contribution is -2.15. The highest BCUT2D eigenvalue weighted by Gasteiger charge is 2.34. The number of carbonyl (C=O) groups is 1. The van der Waals surface area contributed by atoms with Crippen LogP contribution in [-0.2, 0) is 26.4 Å². The molecule has 6 rings (SSSR count). The maximum absolute atomic E-state index is 12.9. The van der Waals surface area contributed by atoms with E-state index in [0.717, 1.165) is 68.2 Å². The summed E-state index contributed by atoms with van der Waals surface area (Å²) in [6.07, 6.45) is 3.72. The number of nitrogens with zero attached hydrogens (tertiary/aromatic N) is 3. The van der Waals surface area contributed by atoms with Crippen LogP contribution in [-0.4, -0.2) is 31.6 Å². The summed E-state index contributed by atoms with van der Waals surface area (Å²) < 4.78 is 1.83. The van der Waals surface area contributed by atoms with Crippen LogP contribution >= 0.6 is 0 Å². The molecule has 0 bridgehead atoms. The minimum atomic E-state index is -0.0199. The number of H-pyrrole nitrogens is 1. The molecule has 7 heteroatoms. The van der Waals surface area contributed by atoms with Crippen LogP contribution in [0.5, 0.6) is 0 Å². The van der Waals surface area contributed by atoms with Crippen molar-refractivity contribution in [3.05, 3.63) is 52.3 Å². The third kappa shape index (κ3) is 2.04. The van der Waals surface area contributed by atoms with Gasteiger partial charge in [-0.1, -0.05) is 11.2 Å². The molecule has 2 aliphatic rings. The summed E-state index contributed by atoms with van der Waals surface area (Å²) in [7, 11) is 1.92. The van der Waals surface area contributed by atoms with E-state index < -0.39 is 0 Å². The van der Waals surface area contributed by atoms with Gasteiger partial charge >= 0.3 is 0 Å². The van der Waals surface area contributed by atoms with Crippen LogP contribution in [0, 0.1) is 0 Å². The number of nitrogens with one attached hydrogen (secondary N) is 2. The monoisotopic (exact) mass is 385 g/mol. The fraction of sp³-hybridized carbons (Fsp3) is 0.227. The summed E-state index contributed by atoms with van der Waals surface area (Å²) in [5.74, 6) is -0.0199. The molecule has 0 fully saturated rings. The first-order valence-electron chi connectivity index (χ1n) is 9.70. The number of amides is 1. The second-order valence-corrected chi connectivity index (χ2v) is 7.87. The molecule has 0 spiro atoms. The lowest BCUT2D eigenvalue weighted by molar-refractivity contribution is 0.0966. The molecule has 1 amide bonds. The van der Waals surface area contributed by atoms with Crippen LogP contribution in [0.4, 0.5) is 0 Å². The van der Waals surface area contributed by atoms with Crippen molar-refractivity contribution in [2.24, 2.45) is 12.2 Å². The summed E-state index contributed by atoms with van der Waals surface area (Å²) in [5, 5.41) is 22.3. The Labute approximate surface area is 166 Å². The van der Waals surface area contributed by atoms with E-state index in [1.54, 1.807) is 6.92 Å². The number of carbonyl (C=O) groups excluding carboxylic acids is 1. The molecule has 0 saturated heterocycles. The van der Waals surface area contributed by atoms with Crippen molar-refractivity contribution in [2.75, 3.05) is 0 Å². The Kier molecular flexibility index (Phi) is 3.08. The Morgan fingerprint density at radius 2 is 2.10 bits per heavy atom. The van der Waals surface area contributed by atoms with E-state index in [0.29, 0.717) is 12.3 Å². The molecule has 1 aliphatic carbocycles. The van der Waals surface area contributed by atoms with Gasteiger partial charge in [0.2, 0.25) is 0 Å². The molecule has 144 valence electrons. The van der Waals surface area contributed by atoms with Gasteiger partial charge in [-0.25, -0.2) is 0 Å². The van der Waals surface area contributed by atoms with Gasteiger partial charge in [0.05, 0.1) is 22.5 Å². The van der Waals surface area contributed by atoms with Gasteiger partial charge in [-0.05, 0) is 48.6 Å². The van der Waals surface area contributed by atoms with Crippen molar-refractivity contribution < 1.29 is 10.0 Å². The van der Waals surface area contributed by atoms with E-state index in [2.05, 4.69) is 20.6 Å². The molecule has 7 nitrogen and oxygen atoms in total. The third-order valence-electron chi connectivity index (χ3n) is 6.26. The first kappa shape index (κ1) is 16.4. The molecule has 2 aromatic heterocycles. The Bertz CT molecular complexity index is 1410. The topological polar surface area (TPSA) is 95.3 Å². The second kappa shape index (κ2) is 5.47. The van der Waals surface area contributed by atoms with E-state index in [-0.39, 0.29) is 5.91 Å². The number of aryl methyl sites for hydroxylation is 3. The molecule has 3 heterocycles. The minimum absolute atomic E-state index is 0.0199. The van der Waals surface area contributed by atoms with E-state index in [1.165, 1.54) is 5.56 Å². The smallest absolute Gasteiger partial charge is 0.252 e. The van der Waals surface area contributed by atoms with Crippen LogP contribution in [0.2, 0.25) is 0 Å². The fourth-order valence-electron chi connectivity index (χ4n) is 4.97. The molecular formula is C22H19N5O2. The maximum atomic E-state index is 12.9. The summed E-state index contributed by atoms with van der Waals surface area (Å²) in [5.41, 5.74) is 9.66. The van der Waals surface area contributed by atoms with Crippen molar-refractivity contribution >= 4 is 33.4 Å². The summed E-state index contributed by atoms with van der Waals surface area (Å²) in [6, 6.07) is 6.00. The summed E-state index contributed by atoms with van der Waals surface area (Å²) in [4.78, 5) is 16.5. The standard InChI is InChI=1S/C22H19N5O2/c1-10(26-29)11-3-5-16-13(7-11)19-14-8-23-22(28)20(14)18-12(21(19)24-16)4-6-17-15(18)9-27(2)25-17/h3,5,7,9,24,29H,4,6,8H2,1-2H3,(H,23,28)/b26-10+. The normalized spacial score (nSPS) is 15.5. The van der Waals surface area contributed by atoms with Crippen LogP contribution < -0.4 is 5.32 Å². The lowest BCUT2D eigenvalue weighted by Gasteiger charge is -2.19. The molecule has 3 N–H and O–H groups in total. The zero-order chi connectivity index (χ0) is 19.9. The molecular weight excluding hydrogens is 366 g/mol. The minimum Gasteiger partial charge on any atom is -0.411 e. The molecule has 29 heavy (non-hydrogen) atoms. The van der Waals surface area contributed by atoms with Crippen LogP contribution in [0.1, 0.15) is 39.7 Å². The molecule has 0 radical (unpaired) electrons. The van der Waals surface area contributed by atoms with Crippen LogP contribution in [0.25, 0.3) is 32.9 Å². The third-order valence-corrected chi connectivity index (χ3v) is 6.26. The quantitative estimate of drug-likeness (QED) is 0.267. The average molecular weight is 385 g/mol. The summed E-state index contributed by atoms with van der Waals surface area (Å²) >= 11 is 0. The number of aromatic amines is 1. The number of fused-ring (bicyclic) bond motifs is 10. The zero-order valence-corrected chi connectivity index (χ0v) is 16.1. The Morgan fingerprint density at radius 3 is 2.93 bits per heavy atom. The van der Waals surface area contributed by atoms with Crippen molar-refractivity contribution in [1.82, 2.24) is 20.1 Å². The van der Waals surface area contributed by atoms with E-state index in [4.69, 9.17) is 0 Å². The SMILES string of the molecule is C/C(=N\O)c1ccc2[nH]c3c4c(c5c(c3c2c1)CNC5=O)-c1cn(C)nc1CC4. The number of oxime groups is 1. The Morgan fingerprint density at radius 1 is 1.24 bits per heavy atom. The highest BCUT2D eigenvalue weighted by Crippen LogP contribution is 2.45. The van der Waals surface area contributed by atoms with Gasteiger partial charge in [0, 0.05) is 47.2 Å². The molecule has 0 unspecified atom stereocenters. The predicted octanol–water partition coefficient (Wildman–Crippen LogP) is 3.26. The van der Waals surface area contributed by atoms with Crippen molar-refractivity contribution in [2.45, 2.75) is 26.3 Å². The number of rotatable bonds is 1. The van der Waals surface area contributed by atoms with Crippen molar-refractivity contribution in [3.63, 3.8) is 0 Å². The van der Waals surface area contributed by atoms with Gasteiger partial charge in [0.25, 0.3) is 5.91 Å². The average Bonchev–Trinajstić information content (AvgIpc) is 3.40. The van der Waals surface area contributed by atoms with Crippen LogP contribution in [0.3, 0.4) is 0 Å². The molecule has 0 atom stereocenters.